The maximum absolute atomic E-state index is 9.31. The van der Waals surface area contributed by atoms with Gasteiger partial charge in [-0.1, -0.05) is 31.2 Å². The minimum atomic E-state index is -0.188. The highest BCUT2D eigenvalue weighted by atomic mass is 16.6. The van der Waals surface area contributed by atoms with Crippen LogP contribution in [0.25, 0.3) is 0 Å². The van der Waals surface area contributed by atoms with Crippen molar-refractivity contribution in [3.8, 4) is 11.5 Å². The third-order valence-electron chi connectivity index (χ3n) is 5.75. The summed E-state index contributed by atoms with van der Waals surface area (Å²) in [6.45, 7) is 3.70. The molecular formula is C25H34O6. The summed E-state index contributed by atoms with van der Waals surface area (Å²) in [4.78, 5) is 0. The summed E-state index contributed by atoms with van der Waals surface area (Å²) in [6.07, 6.45) is 1.36. The summed E-state index contributed by atoms with van der Waals surface area (Å²) in [6, 6.07) is 15.7. The number of rotatable bonds is 12. The van der Waals surface area contributed by atoms with E-state index < -0.39 is 0 Å². The van der Waals surface area contributed by atoms with Gasteiger partial charge >= 0.3 is 0 Å². The number of ether oxygens (including phenoxy) is 5. The highest BCUT2D eigenvalue weighted by Crippen LogP contribution is 2.31. The average Bonchev–Trinajstić information content (AvgIpc) is 3.17. The minimum Gasteiger partial charge on any atom is -0.497 e. The number of aliphatic hydroxyl groups excluding tert-OH is 1. The maximum atomic E-state index is 9.31. The van der Waals surface area contributed by atoms with E-state index in [2.05, 4.69) is 6.92 Å². The van der Waals surface area contributed by atoms with E-state index in [9.17, 15) is 5.11 Å². The van der Waals surface area contributed by atoms with Crippen LogP contribution in [0.5, 0.6) is 11.5 Å². The predicted molar refractivity (Wildman–Crippen MR) is 118 cm³/mol. The second-order valence-electron chi connectivity index (χ2n) is 8.00. The van der Waals surface area contributed by atoms with E-state index in [-0.39, 0.29) is 24.9 Å². The Hall–Kier alpha value is -2.12. The van der Waals surface area contributed by atoms with Crippen LogP contribution in [-0.4, -0.2) is 50.9 Å². The van der Waals surface area contributed by atoms with Gasteiger partial charge < -0.3 is 28.8 Å². The van der Waals surface area contributed by atoms with Gasteiger partial charge in [-0.15, -0.1) is 0 Å². The molecule has 31 heavy (non-hydrogen) atoms. The molecule has 6 heteroatoms. The van der Waals surface area contributed by atoms with Crippen molar-refractivity contribution < 1.29 is 28.8 Å². The second kappa shape index (κ2) is 12.1. The Morgan fingerprint density at radius 3 is 2.06 bits per heavy atom. The first-order valence-electron chi connectivity index (χ1n) is 10.8. The van der Waals surface area contributed by atoms with Gasteiger partial charge in [-0.3, -0.25) is 0 Å². The van der Waals surface area contributed by atoms with Gasteiger partial charge in [0.1, 0.15) is 17.6 Å². The van der Waals surface area contributed by atoms with Crippen LogP contribution in [0.4, 0.5) is 0 Å². The molecular weight excluding hydrogens is 396 g/mol. The molecule has 1 heterocycles. The largest absolute Gasteiger partial charge is 0.497 e. The Balaban J connectivity index is 1.58. The highest BCUT2D eigenvalue weighted by molar-refractivity contribution is 5.27. The highest BCUT2D eigenvalue weighted by Gasteiger charge is 2.37. The summed E-state index contributed by atoms with van der Waals surface area (Å²) in [5, 5.41) is 9.31. The Bertz CT molecular complexity index is 761. The molecule has 1 fully saturated rings. The van der Waals surface area contributed by atoms with Gasteiger partial charge in [0.2, 0.25) is 0 Å². The molecule has 0 unspecified atom stereocenters. The van der Waals surface area contributed by atoms with Gasteiger partial charge in [-0.2, -0.15) is 0 Å². The van der Waals surface area contributed by atoms with Crippen molar-refractivity contribution in [3.63, 3.8) is 0 Å². The first-order valence-corrected chi connectivity index (χ1v) is 10.8. The molecule has 3 rings (SSSR count). The summed E-state index contributed by atoms with van der Waals surface area (Å²) in [5.74, 6) is 2.03. The molecule has 0 amide bonds. The fourth-order valence-electron chi connectivity index (χ4n) is 3.85. The average molecular weight is 431 g/mol. The second-order valence-corrected chi connectivity index (χ2v) is 8.00. The maximum Gasteiger partial charge on any atom is 0.118 e. The van der Waals surface area contributed by atoms with Crippen LogP contribution >= 0.6 is 0 Å². The van der Waals surface area contributed by atoms with Crippen molar-refractivity contribution in [2.75, 3.05) is 27.4 Å². The molecule has 1 saturated heterocycles. The fourth-order valence-corrected chi connectivity index (χ4v) is 3.85. The SMILES string of the molecule is COc1ccc(COC[C@@H](OCc2ccc(OC)cc2)[C@@H]2C[C@H](C)[C@@H](CCO)O2)cc1. The van der Waals surface area contributed by atoms with Gasteiger partial charge in [0, 0.05) is 6.61 Å². The molecule has 0 aliphatic carbocycles. The van der Waals surface area contributed by atoms with Crippen molar-refractivity contribution in [2.45, 2.75) is 51.3 Å². The number of hydrogen-bond acceptors (Lipinski definition) is 6. The summed E-state index contributed by atoms with van der Waals surface area (Å²) < 4.78 is 28.9. The first-order chi connectivity index (χ1) is 15.1. The first kappa shape index (κ1) is 23.5. The lowest BCUT2D eigenvalue weighted by Gasteiger charge is -2.24. The van der Waals surface area contributed by atoms with Crippen LogP contribution in [0.3, 0.4) is 0 Å². The van der Waals surface area contributed by atoms with Gasteiger partial charge in [0.25, 0.3) is 0 Å². The van der Waals surface area contributed by atoms with Crippen LogP contribution in [-0.2, 0) is 27.4 Å². The topological polar surface area (TPSA) is 66.4 Å². The van der Waals surface area contributed by atoms with Crippen LogP contribution in [0, 0.1) is 5.92 Å². The van der Waals surface area contributed by atoms with E-state index in [1.54, 1.807) is 14.2 Å². The van der Waals surface area contributed by atoms with Gasteiger partial charge in [-0.25, -0.2) is 0 Å². The summed E-state index contributed by atoms with van der Waals surface area (Å²) in [5.41, 5.74) is 2.15. The molecule has 1 N–H and O–H groups in total. The molecule has 0 radical (unpaired) electrons. The van der Waals surface area contributed by atoms with E-state index in [0.29, 0.717) is 32.2 Å². The van der Waals surface area contributed by atoms with Crippen molar-refractivity contribution in [1.29, 1.82) is 0 Å². The number of methoxy groups -OCH3 is 2. The quantitative estimate of drug-likeness (QED) is 0.549. The van der Waals surface area contributed by atoms with Gasteiger partial charge in [-0.05, 0) is 54.2 Å². The zero-order valence-electron chi connectivity index (χ0n) is 18.7. The number of benzene rings is 2. The third-order valence-corrected chi connectivity index (χ3v) is 5.75. The molecule has 170 valence electrons. The molecule has 4 atom stereocenters. The predicted octanol–water partition coefficient (Wildman–Crippen LogP) is 3.98. The standard InChI is InChI=1S/C25H34O6/c1-18-14-24(31-23(18)12-13-26)25(30-16-20-6-10-22(28-3)11-7-20)17-29-15-19-4-8-21(27-2)9-5-19/h4-11,18,23-26H,12-17H2,1-3H3/t18-,23+,24-,25+/m0/s1. The molecule has 2 aromatic carbocycles. The lowest BCUT2D eigenvalue weighted by atomic mass is 9.98. The van der Waals surface area contributed by atoms with Crippen LogP contribution < -0.4 is 9.47 Å². The Morgan fingerprint density at radius 2 is 1.52 bits per heavy atom. The summed E-state index contributed by atoms with van der Waals surface area (Å²) in [7, 11) is 3.31. The van der Waals surface area contributed by atoms with Crippen LogP contribution in [0.1, 0.15) is 30.9 Å². The molecule has 0 spiro atoms. The molecule has 2 aromatic rings. The van der Waals surface area contributed by atoms with Crippen LogP contribution in [0.15, 0.2) is 48.5 Å². The Labute approximate surface area is 185 Å². The van der Waals surface area contributed by atoms with Gasteiger partial charge in [0.15, 0.2) is 0 Å². The van der Waals surface area contributed by atoms with E-state index >= 15 is 0 Å². The smallest absolute Gasteiger partial charge is 0.118 e. The summed E-state index contributed by atoms with van der Waals surface area (Å²) >= 11 is 0. The normalized spacial score (nSPS) is 21.7. The lowest BCUT2D eigenvalue weighted by Crippen LogP contribution is -2.34. The Morgan fingerprint density at radius 1 is 0.935 bits per heavy atom. The molecule has 1 aliphatic heterocycles. The van der Waals surface area contributed by atoms with Crippen molar-refractivity contribution in [1.82, 2.24) is 0 Å². The molecule has 0 aromatic heterocycles. The van der Waals surface area contributed by atoms with Crippen LogP contribution in [0.2, 0.25) is 0 Å². The molecule has 1 aliphatic rings. The molecule has 0 bridgehead atoms. The van der Waals surface area contributed by atoms with E-state index in [0.717, 1.165) is 29.0 Å². The van der Waals surface area contributed by atoms with E-state index in [1.165, 1.54) is 0 Å². The Kier molecular flexibility index (Phi) is 9.15. The van der Waals surface area contributed by atoms with Crippen molar-refractivity contribution in [3.05, 3.63) is 59.7 Å². The third kappa shape index (κ3) is 6.94. The fraction of sp³-hybridized carbons (Fsp3) is 0.520. The monoisotopic (exact) mass is 430 g/mol. The van der Waals surface area contributed by atoms with Gasteiger partial charge in [0.05, 0.1) is 46.2 Å². The minimum absolute atomic E-state index is 0.0549. The lowest BCUT2D eigenvalue weighted by molar-refractivity contribution is -0.110. The number of aliphatic hydroxyl groups is 1. The number of hydrogen-bond donors (Lipinski definition) is 1. The van der Waals surface area contributed by atoms with Crippen molar-refractivity contribution in [2.24, 2.45) is 5.92 Å². The molecule has 0 saturated carbocycles. The molecule has 6 nitrogen and oxygen atoms in total. The zero-order valence-corrected chi connectivity index (χ0v) is 18.7. The van der Waals surface area contributed by atoms with Crippen molar-refractivity contribution >= 4 is 0 Å². The van der Waals surface area contributed by atoms with E-state index in [4.69, 9.17) is 23.7 Å². The zero-order chi connectivity index (χ0) is 22.1. The van der Waals surface area contributed by atoms with E-state index in [1.807, 2.05) is 48.5 Å².